The monoisotopic (exact) mass is 848 g/mol. The minimum Gasteiger partial charge on any atom is -0.333 e. The molecule has 66 heavy (non-hydrogen) atoms. The lowest BCUT2D eigenvalue weighted by Gasteiger charge is -2.33. The van der Waals surface area contributed by atoms with Gasteiger partial charge in [-0.25, -0.2) is 0 Å². The van der Waals surface area contributed by atoms with Crippen LogP contribution in [0.1, 0.15) is 36.8 Å². The second-order valence-electron chi connectivity index (χ2n) is 17.6. The molecule has 0 radical (unpaired) electrons. The molecule has 0 fully saturated rings. The highest BCUT2D eigenvalue weighted by Gasteiger charge is 2.40. The Hall–Kier alpha value is -8.08. The van der Waals surface area contributed by atoms with Gasteiger partial charge in [0.2, 0.25) is 0 Å². The number of benzene rings is 8. The Morgan fingerprint density at radius 1 is 0.318 bits per heavy atom. The Morgan fingerprint density at radius 3 is 1.05 bits per heavy atom. The van der Waals surface area contributed by atoms with Crippen LogP contribution in [-0.2, 0) is 0 Å². The molecule has 4 atom stereocenters. The SMILES string of the molecule is C1=CC2c3ccccc3N(c3cc(-c4cc(-n5c6ccccc6c6ccccc65)cc(-n5c6ccccc6c6ccccc65)c4)cc(N4c5ccccc5C5C=CC=CC54)c3)C2C=C1.CC. The highest BCUT2D eigenvalue weighted by atomic mass is 15.2. The first-order valence-corrected chi connectivity index (χ1v) is 23.5. The molecule has 14 rings (SSSR count). The number of aromatic nitrogens is 2. The van der Waals surface area contributed by atoms with E-state index in [4.69, 9.17) is 0 Å². The summed E-state index contributed by atoms with van der Waals surface area (Å²) in [5, 5.41) is 5.00. The lowest BCUT2D eigenvalue weighted by atomic mass is 9.91. The number of allylic oxidation sites excluding steroid dienone is 4. The average Bonchev–Trinajstić information content (AvgIpc) is 4.12. The Bertz CT molecular complexity index is 3350. The normalized spacial score (nSPS) is 18.8. The summed E-state index contributed by atoms with van der Waals surface area (Å²) < 4.78 is 4.94. The fraction of sp³-hybridized carbons (Fsp3) is 0.0968. The van der Waals surface area contributed by atoms with Crippen molar-refractivity contribution in [2.75, 3.05) is 9.80 Å². The Balaban J connectivity index is 0.00000215. The summed E-state index contributed by atoms with van der Waals surface area (Å²) >= 11 is 0. The standard InChI is InChI=1S/C60H42N4.C2H6/c1-9-25-53-45(17-1)46-18-2-10-26-54(46)61(53)41-33-39(34-42(37-41)62-55-27-11-3-19-47(55)48-20-4-12-28-56(48)62)40-35-43(63-57-29-13-5-21-49(57)50-22-6-14-30-58(50)63)38-44(36-40)64-59-31-15-7-23-51(59)52-24-8-16-32-60(52)64;1-2/h1-38,45,47,53,55H;1-2H3. The predicted molar refractivity (Wildman–Crippen MR) is 279 cm³/mol. The molecule has 4 unspecified atom stereocenters. The van der Waals surface area contributed by atoms with E-state index >= 15 is 0 Å². The summed E-state index contributed by atoms with van der Waals surface area (Å²) in [6.07, 6.45) is 18.4. The van der Waals surface area contributed by atoms with E-state index in [1.165, 1.54) is 83.1 Å². The van der Waals surface area contributed by atoms with Crippen LogP contribution in [0.3, 0.4) is 0 Å². The lowest BCUT2D eigenvalue weighted by molar-refractivity contribution is 0.739. The van der Waals surface area contributed by atoms with Crippen molar-refractivity contribution in [3.63, 3.8) is 0 Å². The molecule has 4 aliphatic rings. The van der Waals surface area contributed by atoms with Crippen molar-refractivity contribution >= 4 is 66.4 Å². The summed E-state index contributed by atoms with van der Waals surface area (Å²) in [7, 11) is 0. The molecule has 0 saturated carbocycles. The van der Waals surface area contributed by atoms with Crippen LogP contribution in [0, 0.1) is 0 Å². The Kier molecular flexibility index (Phi) is 8.89. The summed E-state index contributed by atoms with van der Waals surface area (Å²) in [5.41, 5.74) is 17.0. The van der Waals surface area contributed by atoms with Gasteiger partial charge in [0, 0.05) is 67.5 Å². The van der Waals surface area contributed by atoms with Gasteiger partial charge in [-0.2, -0.15) is 0 Å². The zero-order valence-electron chi connectivity index (χ0n) is 37.0. The highest BCUT2D eigenvalue weighted by Crippen LogP contribution is 2.52. The topological polar surface area (TPSA) is 16.3 Å². The maximum atomic E-state index is 2.59. The number of hydrogen-bond acceptors (Lipinski definition) is 2. The van der Waals surface area contributed by atoms with Crippen LogP contribution >= 0.6 is 0 Å². The molecule has 4 heterocycles. The quantitative estimate of drug-likeness (QED) is 0.172. The van der Waals surface area contributed by atoms with Crippen LogP contribution in [-0.4, -0.2) is 21.2 Å². The largest absolute Gasteiger partial charge is 0.333 e. The van der Waals surface area contributed by atoms with Gasteiger partial charge in [0.1, 0.15) is 0 Å². The molecule has 0 N–H and O–H groups in total. The maximum absolute atomic E-state index is 2.59. The molecule has 4 nitrogen and oxygen atoms in total. The molecule has 0 saturated heterocycles. The molecule has 0 bridgehead atoms. The molecule has 10 aromatic rings. The van der Waals surface area contributed by atoms with E-state index in [1.807, 2.05) is 13.8 Å². The van der Waals surface area contributed by atoms with Crippen molar-refractivity contribution in [3.8, 4) is 22.5 Å². The average molecular weight is 849 g/mol. The van der Waals surface area contributed by atoms with Gasteiger partial charge in [-0.05, 0) is 95.1 Å². The van der Waals surface area contributed by atoms with Gasteiger partial charge in [-0.3, -0.25) is 0 Å². The summed E-state index contributed by atoms with van der Waals surface area (Å²) in [4.78, 5) is 5.18. The molecule has 4 heteroatoms. The van der Waals surface area contributed by atoms with Crippen molar-refractivity contribution in [2.45, 2.75) is 37.8 Å². The van der Waals surface area contributed by atoms with E-state index in [0.717, 1.165) is 16.9 Å². The van der Waals surface area contributed by atoms with Gasteiger partial charge in [0.05, 0.1) is 34.2 Å². The summed E-state index contributed by atoms with van der Waals surface area (Å²) in [6.45, 7) is 4.00. The molecule has 8 aromatic carbocycles. The zero-order valence-corrected chi connectivity index (χ0v) is 37.0. The van der Waals surface area contributed by atoms with E-state index in [9.17, 15) is 0 Å². The first kappa shape index (κ1) is 38.4. The number of para-hydroxylation sites is 6. The molecular formula is C62H48N4. The van der Waals surface area contributed by atoms with E-state index in [1.54, 1.807) is 0 Å². The highest BCUT2D eigenvalue weighted by molar-refractivity contribution is 6.11. The minimum atomic E-state index is 0.165. The second-order valence-corrected chi connectivity index (χ2v) is 17.6. The maximum Gasteiger partial charge on any atom is 0.0629 e. The van der Waals surface area contributed by atoms with E-state index in [-0.39, 0.29) is 23.9 Å². The van der Waals surface area contributed by atoms with Crippen LogP contribution < -0.4 is 9.80 Å². The third-order valence-corrected chi connectivity index (χ3v) is 14.3. The van der Waals surface area contributed by atoms with Gasteiger partial charge in [-0.15, -0.1) is 0 Å². The molecule has 2 aliphatic carbocycles. The van der Waals surface area contributed by atoms with Gasteiger partial charge < -0.3 is 18.9 Å². The van der Waals surface area contributed by atoms with E-state index < -0.39 is 0 Å². The number of fused-ring (bicyclic) bond motifs is 12. The Morgan fingerprint density at radius 2 is 0.636 bits per heavy atom. The predicted octanol–water partition coefficient (Wildman–Crippen LogP) is 16.0. The summed E-state index contributed by atoms with van der Waals surface area (Å²) in [6, 6.07) is 68.3. The van der Waals surface area contributed by atoms with Gasteiger partial charge in [-0.1, -0.05) is 172 Å². The fourth-order valence-corrected chi connectivity index (χ4v) is 11.6. The molecule has 316 valence electrons. The molecule has 0 amide bonds. The van der Waals surface area contributed by atoms with Crippen molar-refractivity contribution in [1.82, 2.24) is 9.13 Å². The first-order valence-electron chi connectivity index (χ1n) is 23.5. The van der Waals surface area contributed by atoms with Crippen molar-refractivity contribution < 1.29 is 0 Å². The minimum absolute atomic E-state index is 0.165. The first-order chi connectivity index (χ1) is 32.8. The number of hydrogen-bond donors (Lipinski definition) is 0. The molecular weight excluding hydrogens is 801 g/mol. The van der Waals surface area contributed by atoms with E-state index in [0.29, 0.717) is 0 Å². The summed E-state index contributed by atoms with van der Waals surface area (Å²) in [5.74, 6) is 0.550. The zero-order chi connectivity index (χ0) is 43.9. The van der Waals surface area contributed by atoms with E-state index in [2.05, 4.69) is 250 Å². The van der Waals surface area contributed by atoms with Crippen molar-refractivity contribution in [1.29, 1.82) is 0 Å². The van der Waals surface area contributed by atoms with Crippen LogP contribution in [0.4, 0.5) is 22.7 Å². The van der Waals surface area contributed by atoms with Crippen molar-refractivity contribution in [3.05, 3.63) is 242 Å². The van der Waals surface area contributed by atoms with Crippen LogP contribution in [0.15, 0.2) is 231 Å². The molecule has 0 spiro atoms. The third kappa shape index (κ3) is 5.71. The smallest absolute Gasteiger partial charge is 0.0629 e. The fourth-order valence-electron chi connectivity index (χ4n) is 11.6. The third-order valence-electron chi connectivity index (χ3n) is 14.3. The van der Waals surface area contributed by atoms with Crippen LogP contribution in [0.25, 0.3) is 66.1 Å². The Labute approximate surface area is 385 Å². The van der Waals surface area contributed by atoms with Gasteiger partial charge in [0.25, 0.3) is 0 Å². The van der Waals surface area contributed by atoms with Crippen molar-refractivity contribution in [2.24, 2.45) is 0 Å². The van der Waals surface area contributed by atoms with Gasteiger partial charge in [0.15, 0.2) is 0 Å². The molecule has 2 aliphatic heterocycles. The number of anilines is 4. The second kappa shape index (κ2) is 15.3. The number of rotatable bonds is 5. The number of nitrogens with zero attached hydrogens (tertiary/aromatic N) is 4. The lowest BCUT2D eigenvalue weighted by Crippen LogP contribution is -2.30. The van der Waals surface area contributed by atoms with Crippen LogP contribution in [0.2, 0.25) is 0 Å². The van der Waals surface area contributed by atoms with Crippen LogP contribution in [0.5, 0.6) is 0 Å². The molecule has 2 aromatic heterocycles. The van der Waals surface area contributed by atoms with Gasteiger partial charge >= 0.3 is 0 Å².